The van der Waals surface area contributed by atoms with E-state index in [2.05, 4.69) is 36.4 Å². The lowest BCUT2D eigenvalue weighted by Gasteiger charge is -2.19. The molecule has 2 nitrogen and oxygen atoms in total. The van der Waals surface area contributed by atoms with Crippen LogP contribution in [0.1, 0.15) is 27.2 Å². The smallest absolute Gasteiger partial charge is 0.219 e. The highest BCUT2D eigenvalue weighted by Crippen LogP contribution is 2.34. The van der Waals surface area contributed by atoms with Crippen molar-refractivity contribution in [3.63, 3.8) is 0 Å². The van der Waals surface area contributed by atoms with Gasteiger partial charge in [-0.15, -0.1) is 0 Å². The molecule has 1 aliphatic rings. The van der Waals surface area contributed by atoms with Crippen LogP contribution in [-0.4, -0.2) is 26.8 Å². The van der Waals surface area contributed by atoms with Crippen molar-refractivity contribution in [2.45, 2.75) is 36.7 Å². The minimum atomic E-state index is 0.206. The van der Waals surface area contributed by atoms with Crippen LogP contribution in [0.15, 0.2) is 0 Å². The Kier molecular flexibility index (Phi) is 2.46. The molecular weight excluding hydrogens is 253 g/mol. The van der Waals surface area contributed by atoms with Gasteiger partial charge in [-0.25, -0.2) is 0 Å². The van der Waals surface area contributed by atoms with Crippen molar-refractivity contribution < 1.29 is 4.79 Å². The molecular formula is C8H14INO. The van der Waals surface area contributed by atoms with E-state index in [1.165, 1.54) is 0 Å². The summed E-state index contributed by atoms with van der Waals surface area (Å²) in [4.78, 5) is 13.0. The Morgan fingerprint density at radius 2 is 2.27 bits per heavy atom. The summed E-state index contributed by atoms with van der Waals surface area (Å²) in [5, 5.41) is 0. The quantitative estimate of drug-likeness (QED) is 0.484. The first kappa shape index (κ1) is 9.29. The first-order valence-electron chi connectivity index (χ1n) is 3.88. The Bertz CT molecular complexity index is 179. The van der Waals surface area contributed by atoms with Crippen LogP contribution in [0, 0.1) is 0 Å². The summed E-state index contributed by atoms with van der Waals surface area (Å²) in [6, 6.07) is 0.425. The van der Waals surface area contributed by atoms with E-state index in [1.54, 1.807) is 6.92 Å². The van der Waals surface area contributed by atoms with Crippen LogP contribution in [0.25, 0.3) is 0 Å². The monoisotopic (exact) mass is 267 g/mol. The molecule has 11 heavy (non-hydrogen) atoms. The number of alkyl halides is 1. The molecule has 0 radical (unpaired) electrons. The van der Waals surface area contributed by atoms with Gasteiger partial charge in [0.25, 0.3) is 0 Å². The van der Waals surface area contributed by atoms with Crippen molar-refractivity contribution >= 4 is 28.5 Å². The molecule has 1 saturated heterocycles. The van der Waals surface area contributed by atoms with Crippen molar-refractivity contribution in [1.82, 2.24) is 4.90 Å². The number of hydrogen-bond acceptors (Lipinski definition) is 1. The summed E-state index contributed by atoms with van der Waals surface area (Å²) in [5.74, 6) is 0.206. The maximum absolute atomic E-state index is 11.1. The van der Waals surface area contributed by atoms with Crippen molar-refractivity contribution in [2.24, 2.45) is 0 Å². The van der Waals surface area contributed by atoms with Gasteiger partial charge in [0.05, 0.1) is 0 Å². The van der Waals surface area contributed by atoms with E-state index in [0.717, 1.165) is 13.0 Å². The molecule has 1 heterocycles. The van der Waals surface area contributed by atoms with E-state index in [4.69, 9.17) is 0 Å². The molecule has 1 rings (SSSR count). The molecule has 0 aromatic heterocycles. The normalized spacial score (nSPS) is 37.8. The maximum Gasteiger partial charge on any atom is 0.219 e. The van der Waals surface area contributed by atoms with Gasteiger partial charge in [0.1, 0.15) is 0 Å². The van der Waals surface area contributed by atoms with Crippen LogP contribution in [-0.2, 0) is 4.79 Å². The van der Waals surface area contributed by atoms with Crippen molar-refractivity contribution in [2.75, 3.05) is 6.54 Å². The summed E-state index contributed by atoms with van der Waals surface area (Å²) >= 11 is 2.44. The first-order chi connectivity index (χ1) is 4.92. The van der Waals surface area contributed by atoms with Crippen LogP contribution in [0.2, 0.25) is 0 Å². The van der Waals surface area contributed by atoms with E-state index >= 15 is 0 Å². The van der Waals surface area contributed by atoms with Crippen LogP contribution >= 0.6 is 22.6 Å². The van der Waals surface area contributed by atoms with E-state index in [9.17, 15) is 4.79 Å². The molecule has 2 unspecified atom stereocenters. The van der Waals surface area contributed by atoms with Crippen LogP contribution in [0.3, 0.4) is 0 Å². The number of halogens is 1. The fourth-order valence-electron chi connectivity index (χ4n) is 1.72. The second kappa shape index (κ2) is 2.92. The molecule has 3 heteroatoms. The summed E-state index contributed by atoms with van der Waals surface area (Å²) < 4.78 is 0.294. The van der Waals surface area contributed by atoms with Gasteiger partial charge in [-0.05, 0) is 20.3 Å². The number of likely N-dealkylation sites (tertiary alicyclic amines) is 1. The lowest BCUT2D eigenvalue weighted by atomic mass is 10.1. The molecule has 0 aliphatic carbocycles. The zero-order valence-electron chi connectivity index (χ0n) is 7.22. The molecule has 0 aromatic carbocycles. The molecule has 0 aromatic rings. The van der Waals surface area contributed by atoms with Gasteiger partial charge >= 0.3 is 0 Å². The molecule has 2 atom stereocenters. The summed E-state index contributed by atoms with van der Waals surface area (Å²) in [6.07, 6.45) is 1.12. The largest absolute Gasteiger partial charge is 0.339 e. The van der Waals surface area contributed by atoms with Crippen LogP contribution in [0.4, 0.5) is 0 Å². The third kappa shape index (κ3) is 2.07. The molecule has 0 saturated carbocycles. The van der Waals surface area contributed by atoms with Gasteiger partial charge in [0, 0.05) is 22.9 Å². The van der Waals surface area contributed by atoms with E-state index in [0.29, 0.717) is 9.46 Å². The lowest BCUT2D eigenvalue weighted by Crippen LogP contribution is -2.32. The Labute approximate surface area is 81.5 Å². The van der Waals surface area contributed by atoms with Gasteiger partial charge < -0.3 is 4.90 Å². The first-order valence-corrected chi connectivity index (χ1v) is 4.96. The number of rotatable bonds is 0. The summed E-state index contributed by atoms with van der Waals surface area (Å²) in [6.45, 7) is 6.87. The van der Waals surface area contributed by atoms with Crippen LogP contribution in [0.5, 0.6) is 0 Å². The van der Waals surface area contributed by atoms with Gasteiger partial charge in [-0.2, -0.15) is 0 Å². The van der Waals surface area contributed by atoms with Crippen LogP contribution < -0.4 is 0 Å². The van der Waals surface area contributed by atoms with Crippen molar-refractivity contribution in [3.8, 4) is 0 Å². The molecule has 0 bridgehead atoms. The standard InChI is InChI=1S/C8H14INO/c1-6-4-8(3,9)5-10(6)7(2)11/h6H,4-5H2,1-3H3. The fourth-order valence-corrected chi connectivity index (χ4v) is 2.73. The number of nitrogens with zero attached hydrogens (tertiary/aromatic N) is 1. The molecule has 64 valence electrons. The molecule has 1 fully saturated rings. The minimum absolute atomic E-state index is 0.206. The average Bonchev–Trinajstić information content (AvgIpc) is 2.05. The third-order valence-corrected chi connectivity index (χ3v) is 2.94. The highest BCUT2D eigenvalue weighted by atomic mass is 127. The second-order valence-corrected chi connectivity index (χ2v) is 6.22. The summed E-state index contributed by atoms with van der Waals surface area (Å²) in [7, 11) is 0. The van der Waals surface area contributed by atoms with E-state index in [1.807, 2.05) is 4.90 Å². The van der Waals surface area contributed by atoms with Gasteiger partial charge in [-0.3, -0.25) is 4.79 Å². The predicted octanol–water partition coefficient (Wildman–Crippen LogP) is 1.82. The van der Waals surface area contributed by atoms with E-state index < -0.39 is 0 Å². The second-order valence-electron chi connectivity index (χ2n) is 3.61. The molecule has 0 spiro atoms. The van der Waals surface area contributed by atoms with E-state index in [-0.39, 0.29) is 5.91 Å². The number of hydrogen-bond donors (Lipinski definition) is 0. The van der Waals surface area contributed by atoms with Gasteiger partial charge in [0.15, 0.2) is 0 Å². The predicted molar refractivity (Wildman–Crippen MR) is 53.9 cm³/mol. The Hall–Kier alpha value is 0.200. The maximum atomic E-state index is 11.1. The molecule has 0 N–H and O–H groups in total. The summed E-state index contributed by atoms with van der Waals surface area (Å²) in [5.41, 5.74) is 0. The zero-order valence-corrected chi connectivity index (χ0v) is 9.38. The Morgan fingerprint density at radius 3 is 2.45 bits per heavy atom. The highest BCUT2D eigenvalue weighted by Gasteiger charge is 2.37. The average molecular weight is 267 g/mol. The SMILES string of the molecule is CC(=O)N1CC(C)(I)CC1C. The minimum Gasteiger partial charge on any atom is -0.339 e. The molecule has 1 amide bonds. The number of amides is 1. The molecule has 1 aliphatic heterocycles. The topological polar surface area (TPSA) is 20.3 Å². The van der Waals surface area contributed by atoms with Crippen molar-refractivity contribution in [1.29, 1.82) is 0 Å². The lowest BCUT2D eigenvalue weighted by molar-refractivity contribution is -0.129. The number of carbonyl (C=O) groups excluding carboxylic acids is 1. The number of carbonyl (C=O) groups is 1. The van der Waals surface area contributed by atoms with Gasteiger partial charge in [0.2, 0.25) is 5.91 Å². The van der Waals surface area contributed by atoms with Gasteiger partial charge in [-0.1, -0.05) is 22.6 Å². The van der Waals surface area contributed by atoms with Crippen molar-refractivity contribution in [3.05, 3.63) is 0 Å². The Balaban J connectivity index is 2.66. The Morgan fingerprint density at radius 1 is 1.73 bits per heavy atom. The fraction of sp³-hybridized carbons (Fsp3) is 0.875. The zero-order chi connectivity index (χ0) is 8.65. The highest BCUT2D eigenvalue weighted by molar-refractivity contribution is 14.1. The third-order valence-electron chi connectivity index (χ3n) is 2.16.